The van der Waals surface area contributed by atoms with E-state index >= 15 is 0 Å². The molecule has 1 aromatic carbocycles. The number of anilines is 1. The Kier molecular flexibility index (Phi) is 4.72. The Morgan fingerprint density at radius 2 is 1.89 bits per heavy atom. The van der Waals surface area contributed by atoms with Crippen LogP contribution in [0.3, 0.4) is 0 Å². The minimum atomic E-state index is -3.02. The minimum Gasteiger partial charge on any atom is -0.478 e. The average Bonchev–Trinajstić information content (AvgIpc) is 2.29. The smallest absolute Gasteiger partial charge is 0.335 e. The van der Waals surface area contributed by atoms with Gasteiger partial charge in [-0.1, -0.05) is 6.92 Å². The molecular weight excluding hydrogens is 254 g/mol. The molecule has 0 radical (unpaired) electrons. The van der Waals surface area contributed by atoms with E-state index in [0.29, 0.717) is 5.69 Å². The van der Waals surface area contributed by atoms with Crippen LogP contribution in [0.1, 0.15) is 24.2 Å². The van der Waals surface area contributed by atoms with Crippen LogP contribution >= 0.6 is 0 Å². The van der Waals surface area contributed by atoms with Crippen LogP contribution < -0.4 is 5.32 Å². The summed E-state index contributed by atoms with van der Waals surface area (Å²) in [5.41, 5.74) is 0.910. The van der Waals surface area contributed by atoms with Crippen LogP contribution in [0.4, 0.5) is 5.69 Å². The Morgan fingerprint density at radius 3 is 2.33 bits per heavy atom. The van der Waals surface area contributed by atoms with Crippen molar-refractivity contribution in [2.24, 2.45) is 0 Å². The van der Waals surface area contributed by atoms with Gasteiger partial charge >= 0.3 is 5.97 Å². The first kappa shape index (κ1) is 14.5. The highest BCUT2D eigenvalue weighted by Gasteiger charge is 2.13. The summed E-state index contributed by atoms with van der Waals surface area (Å²) < 4.78 is 22.9. The fraction of sp³-hybridized carbons (Fsp3) is 0.417. The molecule has 0 aromatic heterocycles. The predicted molar refractivity (Wildman–Crippen MR) is 70.8 cm³/mol. The Hall–Kier alpha value is -1.56. The van der Waals surface area contributed by atoms with Crippen LogP contribution in [-0.2, 0) is 9.84 Å². The molecule has 0 aliphatic rings. The highest BCUT2D eigenvalue weighted by atomic mass is 32.2. The first-order valence-corrected chi connectivity index (χ1v) is 7.46. The summed E-state index contributed by atoms with van der Waals surface area (Å²) in [5.74, 6) is -0.801. The van der Waals surface area contributed by atoms with Gasteiger partial charge < -0.3 is 10.4 Å². The van der Waals surface area contributed by atoms with Gasteiger partial charge in [0.2, 0.25) is 0 Å². The van der Waals surface area contributed by atoms with E-state index in [0.717, 1.165) is 0 Å². The van der Waals surface area contributed by atoms with E-state index in [2.05, 4.69) is 5.32 Å². The molecule has 100 valence electrons. The molecular formula is C12H17NO4S. The van der Waals surface area contributed by atoms with Crippen molar-refractivity contribution in [1.82, 2.24) is 0 Å². The molecule has 0 spiro atoms. The molecule has 0 heterocycles. The molecule has 18 heavy (non-hydrogen) atoms. The fourth-order valence-corrected chi connectivity index (χ4v) is 2.61. The third-order valence-electron chi connectivity index (χ3n) is 2.49. The van der Waals surface area contributed by atoms with E-state index < -0.39 is 15.8 Å². The molecule has 2 N–H and O–H groups in total. The number of hydrogen-bond acceptors (Lipinski definition) is 4. The molecule has 1 aromatic rings. The monoisotopic (exact) mass is 271 g/mol. The molecule has 0 saturated heterocycles. The van der Waals surface area contributed by atoms with Crippen LogP contribution in [0.15, 0.2) is 24.3 Å². The SMILES string of the molecule is CCS(=O)(=O)CC(C)Nc1ccc(C(=O)O)cc1. The van der Waals surface area contributed by atoms with Crippen LogP contribution in [0.2, 0.25) is 0 Å². The maximum Gasteiger partial charge on any atom is 0.335 e. The molecule has 0 fully saturated rings. The summed E-state index contributed by atoms with van der Waals surface area (Å²) in [6.07, 6.45) is 0. The summed E-state index contributed by atoms with van der Waals surface area (Å²) in [4.78, 5) is 10.7. The normalized spacial score (nSPS) is 13.0. The highest BCUT2D eigenvalue weighted by Crippen LogP contribution is 2.11. The third-order valence-corrected chi connectivity index (χ3v) is 4.38. The third kappa shape index (κ3) is 4.37. The Bertz CT molecular complexity index is 507. The molecule has 0 saturated carbocycles. The molecule has 5 nitrogen and oxygen atoms in total. The maximum atomic E-state index is 11.4. The summed E-state index contributed by atoms with van der Waals surface area (Å²) in [5, 5.41) is 11.8. The standard InChI is InChI=1S/C12H17NO4S/c1-3-18(16,17)8-9(2)13-11-6-4-10(5-7-11)12(14)15/h4-7,9,13H,3,8H2,1-2H3,(H,14,15). The van der Waals surface area contributed by atoms with Gasteiger partial charge in [0, 0.05) is 17.5 Å². The van der Waals surface area contributed by atoms with Crippen molar-refractivity contribution >= 4 is 21.5 Å². The zero-order valence-electron chi connectivity index (χ0n) is 10.4. The van der Waals surface area contributed by atoms with Gasteiger partial charge in [-0.05, 0) is 31.2 Å². The Morgan fingerprint density at radius 1 is 1.33 bits per heavy atom. The second-order valence-corrected chi connectivity index (χ2v) is 6.52. The quantitative estimate of drug-likeness (QED) is 0.821. The zero-order chi connectivity index (χ0) is 13.8. The van der Waals surface area contributed by atoms with Crippen molar-refractivity contribution in [3.63, 3.8) is 0 Å². The number of carboxylic acids is 1. The number of nitrogens with one attached hydrogen (secondary N) is 1. The molecule has 1 atom stereocenters. The number of aromatic carboxylic acids is 1. The minimum absolute atomic E-state index is 0.0597. The molecule has 6 heteroatoms. The molecule has 0 aliphatic heterocycles. The largest absolute Gasteiger partial charge is 0.478 e. The van der Waals surface area contributed by atoms with Crippen molar-refractivity contribution < 1.29 is 18.3 Å². The van der Waals surface area contributed by atoms with Crippen LogP contribution in [0, 0.1) is 0 Å². The van der Waals surface area contributed by atoms with E-state index in [1.165, 1.54) is 12.1 Å². The van der Waals surface area contributed by atoms with Crippen molar-refractivity contribution in [1.29, 1.82) is 0 Å². The zero-order valence-corrected chi connectivity index (χ0v) is 11.2. The van der Waals surface area contributed by atoms with Crippen molar-refractivity contribution in [2.75, 3.05) is 16.8 Å². The molecule has 1 unspecified atom stereocenters. The van der Waals surface area contributed by atoms with Crippen LogP contribution in [-0.4, -0.2) is 37.0 Å². The maximum absolute atomic E-state index is 11.4. The molecule has 0 aliphatic carbocycles. The van der Waals surface area contributed by atoms with E-state index in [-0.39, 0.29) is 23.1 Å². The Balaban J connectivity index is 2.65. The van der Waals surface area contributed by atoms with Gasteiger partial charge in [-0.25, -0.2) is 13.2 Å². The molecule has 1 rings (SSSR count). The summed E-state index contributed by atoms with van der Waals surface area (Å²) in [6, 6.07) is 5.99. The van der Waals surface area contributed by atoms with Gasteiger partial charge in [0.1, 0.15) is 0 Å². The molecule has 0 amide bonds. The number of rotatable bonds is 6. The number of sulfone groups is 1. The lowest BCUT2D eigenvalue weighted by molar-refractivity contribution is 0.0697. The van der Waals surface area contributed by atoms with Gasteiger partial charge in [-0.3, -0.25) is 0 Å². The second kappa shape index (κ2) is 5.86. The topological polar surface area (TPSA) is 83.5 Å². The van der Waals surface area contributed by atoms with E-state index in [1.54, 1.807) is 26.0 Å². The molecule has 0 bridgehead atoms. The predicted octanol–water partition coefficient (Wildman–Crippen LogP) is 1.62. The first-order valence-electron chi connectivity index (χ1n) is 5.64. The number of hydrogen-bond donors (Lipinski definition) is 2. The first-order chi connectivity index (χ1) is 8.34. The lowest BCUT2D eigenvalue weighted by atomic mass is 10.2. The lowest BCUT2D eigenvalue weighted by Crippen LogP contribution is -2.26. The van der Waals surface area contributed by atoms with Crippen LogP contribution in [0.25, 0.3) is 0 Å². The van der Waals surface area contributed by atoms with Crippen LogP contribution in [0.5, 0.6) is 0 Å². The van der Waals surface area contributed by atoms with Gasteiger partial charge in [0.05, 0.1) is 11.3 Å². The summed E-state index contributed by atoms with van der Waals surface area (Å²) >= 11 is 0. The van der Waals surface area contributed by atoms with Crippen molar-refractivity contribution in [3.05, 3.63) is 29.8 Å². The van der Waals surface area contributed by atoms with E-state index in [1.807, 2.05) is 0 Å². The fourth-order valence-electron chi connectivity index (χ4n) is 1.53. The van der Waals surface area contributed by atoms with Gasteiger partial charge in [0.25, 0.3) is 0 Å². The summed E-state index contributed by atoms with van der Waals surface area (Å²) in [6.45, 7) is 3.39. The second-order valence-electron chi connectivity index (χ2n) is 4.13. The number of benzene rings is 1. The number of carboxylic acid groups (broad SMARTS) is 1. The van der Waals surface area contributed by atoms with Crippen molar-refractivity contribution in [3.8, 4) is 0 Å². The van der Waals surface area contributed by atoms with Gasteiger partial charge in [0.15, 0.2) is 9.84 Å². The highest BCUT2D eigenvalue weighted by molar-refractivity contribution is 7.91. The Labute approximate surface area is 107 Å². The van der Waals surface area contributed by atoms with Gasteiger partial charge in [-0.15, -0.1) is 0 Å². The average molecular weight is 271 g/mol. The van der Waals surface area contributed by atoms with E-state index in [4.69, 9.17) is 5.11 Å². The lowest BCUT2D eigenvalue weighted by Gasteiger charge is -2.15. The van der Waals surface area contributed by atoms with Crippen molar-refractivity contribution in [2.45, 2.75) is 19.9 Å². The van der Waals surface area contributed by atoms with E-state index in [9.17, 15) is 13.2 Å². The summed E-state index contributed by atoms with van der Waals surface area (Å²) in [7, 11) is -3.02. The van der Waals surface area contributed by atoms with Gasteiger partial charge in [-0.2, -0.15) is 0 Å². The number of carbonyl (C=O) groups is 1.